The van der Waals surface area contributed by atoms with Gasteiger partial charge in [0.15, 0.2) is 5.78 Å². The predicted molar refractivity (Wildman–Crippen MR) is 108 cm³/mol. The summed E-state index contributed by atoms with van der Waals surface area (Å²) in [4.78, 5) is 28.6. The number of nitrogens with zero attached hydrogens (tertiary/aromatic N) is 2. The van der Waals surface area contributed by atoms with E-state index in [0.29, 0.717) is 17.3 Å². The minimum Gasteiger partial charge on any atom is -0.497 e. The number of carbonyl (C=O) groups excluding carboxylic acids is 2. The Labute approximate surface area is 169 Å². The van der Waals surface area contributed by atoms with E-state index in [9.17, 15) is 9.59 Å². The van der Waals surface area contributed by atoms with Crippen LogP contribution in [0.1, 0.15) is 40.2 Å². The predicted octanol–water partition coefficient (Wildman–Crippen LogP) is 3.64. The normalized spacial score (nSPS) is 10.6. The Balaban J connectivity index is 1.48. The van der Waals surface area contributed by atoms with Crippen molar-refractivity contribution in [2.24, 2.45) is 0 Å². The molecule has 3 rings (SSSR count). The Bertz CT molecular complexity index is 1010. The van der Waals surface area contributed by atoms with Crippen molar-refractivity contribution >= 4 is 11.7 Å². The van der Waals surface area contributed by atoms with Gasteiger partial charge in [0.2, 0.25) is 17.6 Å². The fourth-order valence-corrected chi connectivity index (χ4v) is 2.73. The molecule has 0 aliphatic carbocycles. The molecule has 0 fully saturated rings. The maximum Gasteiger partial charge on any atom is 0.246 e. The van der Waals surface area contributed by atoms with Gasteiger partial charge in [-0.3, -0.25) is 9.59 Å². The van der Waals surface area contributed by atoms with Crippen LogP contribution in [-0.2, 0) is 11.3 Å². The van der Waals surface area contributed by atoms with Crippen LogP contribution in [0.15, 0.2) is 47.0 Å². The molecule has 2 aromatic carbocycles. The highest BCUT2D eigenvalue weighted by molar-refractivity contribution is 5.98. The number of Topliss-reactive ketones (excluding diaryl/α,β-unsaturated/α-hetero) is 1. The lowest BCUT2D eigenvalue weighted by Crippen LogP contribution is -2.23. The molecule has 1 aromatic heterocycles. The van der Waals surface area contributed by atoms with E-state index in [0.717, 1.165) is 22.4 Å². The third-order valence-corrected chi connectivity index (χ3v) is 4.66. The number of ketones is 1. The highest BCUT2D eigenvalue weighted by Crippen LogP contribution is 2.19. The van der Waals surface area contributed by atoms with Crippen LogP contribution < -0.4 is 10.1 Å². The first-order chi connectivity index (χ1) is 14.0. The molecule has 0 saturated carbocycles. The lowest BCUT2D eigenvalue weighted by Gasteiger charge is -2.05. The average Bonchev–Trinajstić information content (AvgIpc) is 3.21. The number of nitrogens with one attached hydrogen (secondary N) is 1. The molecule has 0 aliphatic rings. The maximum atomic E-state index is 12.3. The topological polar surface area (TPSA) is 94.3 Å². The van der Waals surface area contributed by atoms with Crippen LogP contribution >= 0.6 is 0 Å². The monoisotopic (exact) mass is 393 g/mol. The standard InChI is InChI=1S/C22H23N3O4/c1-14-4-5-17(12-15(14)2)19(26)10-11-20(27)23-13-21-24-22(25-29-21)16-6-8-18(28-3)9-7-16/h4-9,12H,10-11,13H2,1-3H3,(H,23,27). The Morgan fingerprint density at radius 3 is 2.48 bits per heavy atom. The van der Waals surface area contributed by atoms with Crippen molar-refractivity contribution in [1.82, 2.24) is 15.5 Å². The second-order valence-corrected chi connectivity index (χ2v) is 6.74. The van der Waals surface area contributed by atoms with Gasteiger partial charge in [-0.2, -0.15) is 4.98 Å². The summed E-state index contributed by atoms with van der Waals surface area (Å²) in [5.41, 5.74) is 3.60. The molecule has 0 atom stereocenters. The van der Waals surface area contributed by atoms with Crippen molar-refractivity contribution in [1.29, 1.82) is 0 Å². The molecule has 150 valence electrons. The second-order valence-electron chi connectivity index (χ2n) is 6.74. The van der Waals surface area contributed by atoms with Crippen LogP contribution in [0.3, 0.4) is 0 Å². The van der Waals surface area contributed by atoms with E-state index in [1.165, 1.54) is 0 Å². The van der Waals surface area contributed by atoms with Gasteiger partial charge in [0.1, 0.15) is 5.75 Å². The fraction of sp³-hybridized carbons (Fsp3) is 0.273. The molecular weight excluding hydrogens is 370 g/mol. The van der Waals surface area contributed by atoms with Gasteiger partial charge in [0.25, 0.3) is 0 Å². The molecule has 29 heavy (non-hydrogen) atoms. The molecule has 1 amide bonds. The zero-order valence-corrected chi connectivity index (χ0v) is 16.7. The highest BCUT2D eigenvalue weighted by atomic mass is 16.5. The van der Waals surface area contributed by atoms with Crippen molar-refractivity contribution in [3.8, 4) is 17.1 Å². The molecule has 0 spiro atoms. The molecule has 0 unspecified atom stereocenters. The van der Waals surface area contributed by atoms with E-state index >= 15 is 0 Å². The van der Waals surface area contributed by atoms with E-state index in [2.05, 4.69) is 15.5 Å². The van der Waals surface area contributed by atoms with Crippen molar-refractivity contribution < 1.29 is 18.8 Å². The van der Waals surface area contributed by atoms with Gasteiger partial charge < -0.3 is 14.6 Å². The minimum atomic E-state index is -0.244. The van der Waals surface area contributed by atoms with E-state index in [1.807, 2.05) is 38.1 Å². The Kier molecular flexibility index (Phi) is 6.39. The number of rotatable bonds is 8. The summed E-state index contributed by atoms with van der Waals surface area (Å²) in [7, 11) is 1.60. The number of hydrogen-bond donors (Lipinski definition) is 1. The Hall–Kier alpha value is -3.48. The van der Waals surface area contributed by atoms with E-state index < -0.39 is 0 Å². The minimum absolute atomic E-state index is 0.0529. The van der Waals surface area contributed by atoms with Crippen LogP contribution in [-0.4, -0.2) is 28.9 Å². The molecule has 3 aromatic rings. The second kappa shape index (κ2) is 9.14. The summed E-state index contributed by atoms with van der Waals surface area (Å²) >= 11 is 0. The maximum absolute atomic E-state index is 12.3. The van der Waals surface area contributed by atoms with E-state index in [1.54, 1.807) is 25.3 Å². The number of aromatic nitrogens is 2. The number of hydrogen-bond acceptors (Lipinski definition) is 6. The zero-order chi connectivity index (χ0) is 20.8. The van der Waals surface area contributed by atoms with Crippen LogP contribution in [0.4, 0.5) is 0 Å². The molecule has 7 heteroatoms. The van der Waals surface area contributed by atoms with Gasteiger partial charge in [-0.05, 0) is 55.3 Å². The Morgan fingerprint density at radius 1 is 1.03 bits per heavy atom. The van der Waals surface area contributed by atoms with Gasteiger partial charge >= 0.3 is 0 Å². The highest BCUT2D eigenvalue weighted by Gasteiger charge is 2.12. The fourth-order valence-electron chi connectivity index (χ4n) is 2.73. The Morgan fingerprint density at radius 2 is 1.79 bits per heavy atom. The smallest absolute Gasteiger partial charge is 0.246 e. The summed E-state index contributed by atoms with van der Waals surface area (Å²) in [6.45, 7) is 4.07. The van der Waals surface area contributed by atoms with Gasteiger partial charge in [-0.15, -0.1) is 0 Å². The van der Waals surface area contributed by atoms with Gasteiger partial charge in [0, 0.05) is 24.0 Å². The van der Waals surface area contributed by atoms with Crippen LogP contribution in [0.25, 0.3) is 11.4 Å². The lowest BCUT2D eigenvalue weighted by molar-refractivity contribution is -0.121. The van der Waals surface area contributed by atoms with Crippen molar-refractivity contribution in [2.45, 2.75) is 33.2 Å². The first-order valence-corrected chi connectivity index (χ1v) is 9.30. The molecule has 0 aliphatic heterocycles. The van der Waals surface area contributed by atoms with Crippen molar-refractivity contribution in [3.63, 3.8) is 0 Å². The van der Waals surface area contributed by atoms with Crippen LogP contribution in [0, 0.1) is 13.8 Å². The first-order valence-electron chi connectivity index (χ1n) is 9.30. The van der Waals surface area contributed by atoms with Gasteiger partial charge in [0.05, 0.1) is 13.7 Å². The molecule has 7 nitrogen and oxygen atoms in total. The summed E-state index contributed by atoms with van der Waals surface area (Å²) < 4.78 is 10.3. The zero-order valence-electron chi connectivity index (χ0n) is 16.7. The number of benzene rings is 2. The van der Waals surface area contributed by atoms with Crippen LogP contribution in [0.2, 0.25) is 0 Å². The molecule has 0 saturated heterocycles. The van der Waals surface area contributed by atoms with Gasteiger partial charge in [-0.1, -0.05) is 17.3 Å². The third-order valence-electron chi connectivity index (χ3n) is 4.66. The molecule has 1 heterocycles. The summed E-state index contributed by atoms with van der Waals surface area (Å²) in [6.07, 6.45) is 0.250. The number of carbonyl (C=O) groups is 2. The average molecular weight is 393 g/mol. The number of aryl methyl sites for hydroxylation is 2. The van der Waals surface area contributed by atoms with Gasteiger partial charge in [-0.25, -0.2) is 0 Å². The van der Waals surface area contributed by atoms with Crippen LogP contribution in [0.5, 0.6) is 5.75 Å². The number of methoxy groups -OCH3 is 1. The van der Waals surface area contributed by atoms with Crippen molar-refractivity contribution in [3.05, 3.63) is 65.0 Å². The lowest BCUT2D eigenvalue weighted by atomic mass is 10.0. The quantitative estimate of drug-likeness (QED) is 0.587. The SMILES string of the molecule is COc1ccc(-c2noc(CNC(=O)CCC(=O)c3ccc(C)c(C)c3)n2)cc1. The summed E-state index contributed by atoms with van der Waals surface area (Å²) in [5, 5.41) is 6.62. The first kappa shape index (κ1) is 20.3. The number of amides is 1. The van der Waals surface area contributed by atoms with Crippen molar-refractivity contribution in [2.75, 3.05) is 7.11 Å². The number of ether oxygens (including phenoxy) is 1. The molecular formula is C22H23N3O4. The molecule has 1 N–H and O–H groups in total. The summed E-state index contributed by atoms with van der Waals surface area (Å²) in [6, 6.07) is 12.8. The molecule has 0 bridgehead atoms. The molecule has 0 radical (unpaired) electrons. The van der Waals surface area contributed by atoms with E-state index in [4.69, 9.17) is 9.26 Å². The largest absolute Gasteiger partial charge is 0.497 e. The summed E-state index contributed by atoms with van der Waals surface area (Å²) in [5.74, 6) is 1.17. The third kappa shape index (κ3) is 5.28. The van der Waals surface area contributed by atoms with E-state index in [-0.39, 0.29) is 31.1 Å².